The van der Waals surface area contributed by atoms with E-state index in [0.29, 0.717) is 21.4 Å². The molecule has 0 unspecified atom stereocenters. The van der Waals surface area contributed by atoms with Gasteiger partial charge < -0.3 is 4.74 Å². The molecule has 0 saturated heterocycles. The number of hydrogen-bond donors (Lipinski definition) is 0. The molecule has 4 nitrogen and oxygen atoms in total. The summed E-state index contributed by atoms with van der Waals surface area (Å²) < 4.78 is 20.7. The fraction of sp³-hybridized carbons (Fsp3) is 0.0667. The van der Waals surface area contributed by atoms with Gasteiger partial charge in [-0.15, -0.1) is 0 Å². The molecule has 0 aliphatic rings. The normalized spacial score (nSPS) is 10.8. The van der Waals surface area contributed by atoms with Gasteiger partial charge in [0.2, 0.25) is 0 Å². The molecule has 2 aromatic heterocycles. The first kappa shape index (κ1) is 13.8. The van der Waals surface area contributed by atoms with Crippen molar-refractivity contribution in [2.24, 2.45) is 0 Å². The zero-order chi connectivity index (χ0) is 15.0. The van der Waals surface area contributed by atoms with Gasteiger partial charge in [-0.05, 0) is 34.1 Å². The summed E-state index contributed by atoms with van der Waals surface area (Å²) >= 11 is 3.36. The number of para-hydroxylation sites is 2. The monoisotopic (exact) mass is 348 g/mol. The molecular formula is C15H10BrFN2O2. The molecule has 106 valence electrons. The van der Waals surface area contributed by atoms with E-state index >= 15 is 0 Å². The lowest BCUT2D eigenvalue weighted by atomic mass is 10.2. The Balaban J connectivity index is 2.39. The summed E-state index contributed by atoms with van der Waals surface area (Å²) in [6.07, 6.45) is 2.69. The van der Waals surface area contributed by atoms with Crippen LogP contribution in [0, 0.1) is 5.82 Å². The maximum atomic E-state index is 13.4. The smallest absolute Gasteiger partial charge is 0.264 e. The number of benzene rings is 1. The van der Waals surface area contributed by atoms with Crippen LogP contribution in [0.1, 0.15) is 0 Å². The topological polar surface area (TPSA) is 44.1 Å². The highest BCUT2D eigenvalue weighted by atomic mass is 79.9. The molecule has 21 heavy (non-hydrogen) atoms. The Kier molecular flexibility index (Phi) is 3.47. The fourth-order valence-electron chi connectivity index (χ4n) is 2.16. The Bertz CT molecular complexity index is 892. The maximum Gasteiger partial charge on any atom is 0.264 e. The predicted molar refractivity (Wildman–Crippen MR) is 81.6 cm³/mol. The number of fused-ring (bicyclic) bond motifs is 1. The molecule has 0 spiro atoms. The summed E-state index contributed by atoms with van der Waals surface area (Å²) in [5.41, 5.74) is 0.647. The van der Waals surface area contributed by atoms with E-state index in [4.69, 9.17) is 4.74 Å². The first-order valence-corrected chi connectivity index (χ1v) is 6.91. The van der Waals surface area contributed by atoms with E-state index in [9.17, 15) is 9.18 Å². The molecule has 0 amide bonds. The molecule has 0 atom stereocenters. The van der Waals surface area contributed by atoms with E-state index in [-0.39, 0.29) is 10.9 Å². The predicted octanol–water partition coefficient (Wildman–Crippen LogP) is 3.30. The summed E-state index contributed by atoms with van der Waals surface area (Å²) in [7, 11) is 1.53. The van der Waals surface area contributed by atoms with Crippen molar-refractivity contribution in [2.45, 2.75) is 0 Å². The zero-order valence-corrected chi connectivity index (χ0v) is 12.6. The van der Waals surface area contributed by atoms with Crippen LogP contribution >= 0.6 is 15.9 Å². The third kappa shape index (κ3) is 2.31. The van der Waals surface area contributed by atoms with E-state index in [1.165, 1.54) is 17.7 Å². The van der Waals surface area contributed by atoms with Crippen LogP contribution in [0.3, 0.4) is 0 Å². The van der Waals surface area contributed by atoms with Crippen molar-refractivity contribution in [3.05, 3.63) is 63.4 Å². The van der Waals surface area contributed by atoms with Crippen LogP contribution in [-0.4, -0.2) is 16.7 Å². The molecule has 1 aromatic carbocycles. The summed E-state index contributed by atoms with van der Waals surface area (Å²) in [4.78, 5) is 16.5. The molecule has 6 heteroatoms. The van der Waals surface area contributed by atoms with Gasteiger partial charge in [0.05, 0.1) is 34.4 Å². The molecule has 0 radical (unpaired) electrons. The van der Waals surface area contributed by atoms with Crippen molar-refractivity contribution in [1.29, 1.82) is 0 Å². The number of hydrogen-bond acceptors (Lipinski definition) is 3. The average molecular weight is 349 g/mol. The Morgan fingerprint density at radius 3 is 2.86 bits per heavy atom. The van der Waals surface area contributed by atoms with Gasteiger partial charge in [-0.3, -0.25) is 14.3 Å². The highest BCUT2D eigenvalue weighted by Crippen LogP contribution is 2.25. The second-order valence-electron chi connectivity index (χ2n) is 4.37. The summed E-state index contributed by atoms with van der Waals surface area (Å²) in [6.45, 7) is 0. The average Bonchev–Trinajstić information content (AvgIpc) is 2.50. The molecule has 0 N–H and O–H groups in total. The lowest BCUT2D eigenvalue weighted by molar-refractivity contribution is 0.412. The standard InChI is InChI=1S/C15H10BrFN2O2/c1-21-13-5-3-2-4-12(13)19-8-11(16)14-10(15(19)20)6-9(17)7-18-14/h2-8H,1H3. The van der Waals surface area contributed by atoms with E-state index in [1.54, 1.807) is 24.4 Å². The van der Waals surface area contributed by atoms with Gasteiger partial charge in [-0.2, -0.15) is 0 Å². The van der Waals surface area contributed by atoms with Gasteiger partial charge in [-0.1, -0.05) is 12.1 Å². The molecule has 0 bridgehead atoms. The van der Waals surface area contributed by atoms with Crippen molar-refractivity contribution >= 4 is 26.8 Å². The molecule has 3 aromatic rings. The van der Waals surface area contributed by atoms with Crippen molar-refractivity contribution in [1.82, 2.24) is 9.55 Å². The van der Waals surface area contributed by atoms with E-state index < -0.39 is 5.82 Å². The first-order chi connectivity index (χ1) is 10.1. The highest BCUT2D eigenvalue weighted by molar-refractivity contribution is 9.10. The number of pyridine rings is 2. The van der Waals surface area contributed by atoms with Gasteiger partial charge >= 0.3 is 0 Å². The first-order valence-electron chi connectivity index (χ1n) is 6.11. The zero-order valence-electron chi connectivity index (χ0n) is 11.0. The van der Waals surface area contributed by atoms with Gasteiger partial charge in [0.15, 0.2) is 0 Å². The van der Waals surface area contributed by atoms with E-state index in [2.05, 4.69) is 20.9 Å². The van der Waals surface area contributed by atoms with Crippen LogP contribution in [0.25, 0.3) is 16.6 Å². The lowest BCUT2D eigenvalue weighted by Crippen LogP contribution is -2.19. The largest absolute Gasteiger partial charge is 0.495 e. The number of nitrogens with zero attached hydrogens (tertiary/aromatic N) is 2. The van der Waals surface area contributed by atoms with Crippen LogP contribution in [0.2, 0.25) is 0 Å². The van der Waals surface area contributed by atoms with Crippen LogP contribution in [0.5, 0.6) is 5.75 Å². The molecule has 0 aliphatic heterocycles. The Labute approximate surface area is 127 Å². The number of halogens is 2. The highest BCUT2D eigenvalue weighted by Gasteiger charge is 2.13. The minimum Gasteiger partial charge on any atom is -0.495 e. The third-order valence-corrected chi connectivity index (χ3v) is 3.70. The number of rotatable bonds is 2. The van der Waals surface area contributed by atoms with Crippen molar-refractivity contribution < 1.29 is 9.13 Å². The van der Waals surface area contributed by atoms with E-state index in [0.717, 1.165) is 6.20 Å². The van der Waals surface area contributed by atoms with Crippen LogP contribution < -0.4 is 10.3 Å². The molecule has 0 saturated carbocycles. The molecular weight excluding hydrogens is 339 g/mol. The number of aromatic nitrogens is 2. The van der Waals surface area contributed by atoms with E-state index in [1.807, 2.05) is 6.07 Å². The maximum absolute atomic E-state index is 13.4. The van der Waals surface area contributed by atoms with Gasteiger partial charge in [-0.25, -0.2) is 4.39 Å². The van der Waals surface area contributed by atoms with Crippen LogP contribution in [-0.2, 0) is 0 Å². The van der Waals surface area contributed by atoms with Crippen LogP contribution in [0.4, 0.5) is 4.39 Å². The summed E-state index contributed by atoms with van der Waals surface area (Å²) in [5, 5.41) is 0.204. The fourth-order valence-corrected chi connectivity index (χ4v) is 2.68. The van der Waals surface area contributed by atoms with Crippen molar-refractivity contribution in [3.63, 3.8) is 0 Å². The Hall–Kier alpha value is -2.21. The molecule has 0 fully saturated rings. The molecule has 3 rings (SSSR count). The SMILES string of the molecule is COc1ccccc1-n1cc(Br)c2ncc(F)cc2c1=O. The molecule has 0 aliphatic carbocycles. The Morgan fingerprint density at radius 1 is 1.33 bits per heavy atom. The van der Waals surface area contributed by atoms with Crippen LogP contribution in [0.15, 0.2) is 52.0 Å². The van der Waals surface area contributed by atoms with Gasteiger partial charge in [0.25, 0.3) is 5.56 Å². The number of ether oxygens (including phenoxy) is 1. The summed E-state index contributed by atoms with van der Waals surface area (Å²) in [5.74, 6) is -0.000473. The third-order valence-electron chi connectivity index (χ3n) is 3.12. The minimum absolute atomic E-state index is 0.204. The molecule has 2 heterocycles. The second-order valence-corrected chi connectivity index (χ2v) is 5.23. The van der Waals surface area contributed by atoms with Gasteiger partial charge in [0.1, 0.15) is 11.6 Å². The minimum atomic E-state index is -0.552. The second kappa shape index (κ2) is 5.29. The van der Waals surface area contributed by atoms with Crippen molar-refractivity contribution in [3.8, 4) is 11.4 Å². The lowest BCUT2D eigenvalue weighted by Gasteiger charge is -2.12. The Morgan fingerprint density at radius 2 is 2.10 bits per heavy atom. The number of methoxy groups -OCH3 is 1. The quantitative estimate of drug-likeness (QED) is 0.713. The van der Waals surface area contributed by atoms with Gasteiger partial charge in [0, 0.05) is 6.20 Å². The summed E-state index contributed by atoms with van der Waals surface area (Å²) in [6, 6.07) is 8.30. The van der Waals surface area contributed by atoms with Crippen molar-refractivity contribution in [2.75, 3.05) is 7.11 Å².